The highest BCUT2D eigenvalue weighted by atomic mass is 35.5. The molecule has 6 heteroatoms. The van der Waals surface area contributed by atoms with Crippen LogP contribution in [0.2, 0.25) is 5.02 Å². The van der Waals surface area contributed by atoms with E-state index in [1.54, 1.807) is 17.0 Å². The van der Waals surface area contributed by atoms with Crippen LogP contribution >= 0.6 is 23.4 Å². The summed E-state index contributed by atoms with van der Waals surface area (Å²) in [5, 5.41) is 1.44. The van der Waals surface area contributed by atoms with Crippen molar-refractivity contribution in [1.82, 2.24) is 4.90 Å². The van der Waals surface area contributed by atoms with Gasteiger partial charge in [0.15, 0.2) is 5.17 Å². The molecule has 0 aromatic heterocycles. The molecule has 0 atom stereocenters. The van der Waals surface area contributed by atoms with E-state index >= 15 is 0 Å². The Morgan fingerprint density at radius 2 is 1.96 bits per heavy atom. The van der Waals surface area contributed by atoms with Crippen molar-refractivity contribution in [3.05, 3.63) is 70.5 Å². The Balaban J connectivity index is 1.61. The highest BCUT2D eigenvalue weighted by Gasteiger charge is 2.24. The van der Waals surface area contributed by atoms with Crippen molar-refractivity contribution >= 4 is 34.4 Å². The first kappa shape index (κ1) is 17.0. The second-order valence-electron chi connectivity index (χ2n) is 5.39. The van der Waals surface area contributed by atoms with E-state index in [0.29, 0.717) is 23.9 Å². The molecule has 0 N–H and O–H groups in total. The zero-order valence-corrected chi connectivity index (χ0v) is 14.5. The lowest BCUT2D eigenvalue weighted by atomic mass is 10.1. The molecule has 1 aliphatic rings. The van der Waals surface area contributed by atoms with Gasteiger partial charge in [-0.2, -0.15) is 0 Å². The summed E-state index contributed by atoms with van der Waals surface area (Å²) in [6.45, 7) is 1.20. The fourth-order valence-electron chi connectivity index (χ4n) is 2.41. The van der Waals surface area contributed by atoms with Crippen molar-refractivity contribution in [3.8, 4) is 0 Å². The normalized spacial score (nSPS) is 13.9. The molecule has 0 fully saturated rings. The van der Waals surface area contributed by atoms with E-state index in [4.69, 9.17) is 11.6 Å². The Bertz CT molecular complexity index is 764. The van der Waals surface area contributed by atoms with Crippen LogP contribution in [0.15, 0.2) is 53.5 Å². The van der Waals surface area contributed by atoms with Crippen LogP contribution in [0.1, 0.15) is 11.1 Å². The molecule has 1 heterocycles. The quantitative estimate of drug-likeness (QED) is 0.818. The molecule has 0 spiro atoms. The van der Waals surface area contributed by atoms with Crippen LogP contribution in [0.4, 0.5) is 4.39 Å². The predicted octanol–water partition coefficient (Wildman–Crippen LogP) is 4.15. The van der Waals surface area contributed by atoms with E-state index in [9.17, 15) is 9.18 Å². The number of halogens is 2. The molecule has 0 saturated carbocycles. The van der Waals surface area contributed by atoms with Gasteiger partial charge in [0.1, 0.15) is 5.82 Å². The summed E-state index contributed by atoms with van der Waals surface area (Å²) in [5.41, 5.74) is 1.81. The number of carbonyl (C=O) groups excluding carboxylic acids is 1. The number of thioether (sulfide) groups is 1. The molecule has 124 valence electrons. The SMILES string of the molecule is O=C(Cc1ccc(F)cc1)N1CCN=C1SCc1ccccc1Cl. The highest BCUT2D eigenvalue weighted by molar-refractivity contribution is 8.13. The molecular formula is C18H16ClFN2OS. The zero-order chi connectivity index (χ0) is 16.9. The number of hydrogen-bond acceptors (Lipinski definition) is 3. The van der Waals surface area contributed by atoms with Gasteiger partial charge in [-0.15, -0.1) is 0 Å². The molecule has 2 aromatic carbocycles. The molecule has 1 amide bonds. The lowest BCUT2D eigenvalue weighted by Crippen LogP contribution is -2.34. The zero-order valence-electron chi connectivity index (χ0n) is 12.9. The maximum absolute atomic E-state index is 13.0. The number of rotatable bonds is 4. The second-order valence-corrected chi connectivity index (χ2v) is 6.74. The molecule has 0 aliphatic carbocycles. The van der Waals surface area contributed by atoms with Crippen molar-refractivity contribution in [2.24, 2.45) is 4.99 Å². The van der Waals surface area contributed by atoms with Crippen molar-refractivity contribution in [1.29, 1.82) is 0 Å². The van der Waals surface area contributed by atoms with Gasteiger partial charge in [-0.3, -0.25) is 14.7 Å². The Labute approximate surface area is 149 Å². The van der Waals surface area contributed by atoms with Crippen LogP contribution in [0.5, 0.6) is 0 Å². The largest absolute Gasteiger partial charge is 0.289 e. The fraction of sp³-hybridized carbons (Fsp3) is 0.222. The van der Waals surface area contributed by atoms with Crippen LogP contribution in [0, 0.1) is 5.82 Å². The minimum absolute atomic E-state index is 0.0236. The number of benzene rings is 2. The summed E-state index contributed by atoms with van der Waals surface area (Å²) >= 11 is 7.68. The summed E-state index contributed by atoms with van der Waals surface area (Å²) in [7, 11) is 0. The number of hydrogen-bond donors (Lipinski definition) is 0. The van der Waals surface area contributed by atoms with Crippen molar-refractivity contribution < 1.29 is 9.18 Å². The van der Waals surface area contributed by atoms with Gasteiger partial charge in [0.2, 0.25) is 5.91 Å². The Morgan fingerprint density at radius 1 is 1.21 bits per heavy atom. The first-order chi connectivity index (χ1) is 11.6. The number of nitrogens with zero attached hydrogens (tertiary/aromatic N) is 2. The van der Waals surface area contributed by atoms with Crippen LogP contribution in [-0.4, -0.2) is 29.1 Å². The molecule has 24 heavy (non-hydrogen) atoms. The predicted molar refractivity (Wildman–Crippen MR) is 96.9 cm³/mol. The molecule has 0 saturated heterocycles. The van der Waals surface area contributed by atoms with Gasteiger partial charge >= 0.3 is 0 Å². The summed E-state index contributed by atoms with van der Waals surface area (Å²) in [6, 6.07) is 13.7. The maximum atomic E-state index is 13.0. The van der Waals surface area contributed by atoms with Crippen LogP contribution < -0.4 is 0 Å². The van der Waals surface area contributed by atoms with Gasteiger partial charge in [-0.05, 0) is 29.3 Å². The number of carbonyl (C=O) groups is 1. The monoisotopic (exact) mass is 362 g/mol. The van der Waals surface area contributed by atoms with Crippen molar-refractivity contribution in [2.75, 3.05) is 13.1 Å². The molecule has 2 aromatic rings. The molecule has 0 radical (unpaired) electrons. The average Bonchev–Trinajstić information content (AvgIpc) is 3.05. The Hall–Kier alpha value is -1.85. The lowest BCUT2D eigenvalue weighted by Gasteiger charge is -2.18. The lowest BCUT2D eigenvalue weighted by molar-refractivity contribution is -0.126. The highest BCUT2D eigenvalue weighted by Crippen LogP contribution is 2.24. The summed E-state index contributed by atoms with van der Waals surface area (Å²) in [5.74, 6) is 0.341. The fourth-order valence-corrected chi connectivity index (χ4v) is 3.76. The van der Waals surface area contributed by atoms with Gasteiger partial charge in [0.05, 0.1) is 13.0 Å². The minimum Gasteiger partial charge on any atom is -0.289 e. The van der Waals surface area contributed by atoms with Gasteiger partial charge in [-0.25, -0.2) is 4.39 Å². The molecule has 0 bridgehead atoms. The van der Waals surface area contributed by atoms with E-state index in [1.165, 1.54) is 23.9 Å². The third-order valence-electron chi connectivity index (χ3n) is 3.69. The first-order valence-corrected chi connectivity index (χ1v) is 8.95. The van der Waals surface area contributed by atoms with E-state index in [0.717, 1.165) is 16.3 Å². The molecular weight excluding hydrogens is 347 g/mol. The summed E-state index contributed by atoms with van der Waals surface area (Å²) < 4.78 is 13.0. The van der Waals surface area contributed by atoms with Gasteiger partial charge in [0, 0.05) is 17.3 Å². The second kappa shape index (κ2) is 7.81. The molecule has 1 aliphatic heterocycles. The molecule has 0 unspecified atom stereocenters. The van der Waals surface area contributed by atoms with Crippen LogP contribution in [-0.2, 0) is 17.0 Å². The smallest absolute Gasteiger partial charge is 0.233 e. The molecule has 3 rings (SSSR count). The van der Waals surface area contributed by atoms with Gasteiger partial charge in [-0.1, -0.05) is 53.7 Å². The minimum atomic E-state index is -0.301. The third kappa shape index (κ3) is 4.16. The summed E-state index contributed by atoms with van der Waals surface area (Å²) in [4.78, 5) is 18.6. The van der Waals surface area contributed by atoms with Gasteiger partial charge < -0.3 is 0 Å². The summed E-state index contributed by atoms with van der Waals surface area (Å²) in [6.07, 6.45) is 0.242. The van der Waals surface area contributed by atoms with E-state index in [1.807, 2.05) is 24.3 Å². The van der Waals surface area contributed by atoms with Crippen LogP contribution in [0.3, 0.4) is 0 Å². The van der Waals surface area contributed by atoms with E-state index in [2.05, 4.69) is 4.99 Å². The van der Waals surface area contributed by atoms with Gasteiger partial charge in [0.25, 0.3) is 0 Å². The topological polar surface area (TPSA) is 32.7 Å². The number of amidine groups is 1. The number of aliphatic imine (C=N–C) groups is 1. The molecule has 3 nitrogen and oxygen atoms in total. The Kier molecular flexibility index (Phi) is 5.53. The standard InChI is InChI=1S/C18H16ClFN2OS/c19-16-4-2-1-3-14(16)12-24-18-21-9-10-22(18)17(23)11-13-5-7-15(20)8-6-13/h1-8H,9-12H2. The first-order valence-electron chi connectivity index (χ1n) is 7.59. The van der Waals surface area contributed by atoms with E-state index < -0.39 is 0 Å². The number of amides is 1. The van der Waals surface area contributed by atoms with Crippen molar-refractivity contribution in [3.63, 3.8) is 0 Å². The van der Waals surface area contributed by atoms with E-state index in [-0.39, 0.29) is 18.1 Å². The van der Waals surface area contributed by atoms with Crippen LogP contribution in [0.25, 0.3) is 0 Å². The van der Waals surface area contributed by atoms with Crippen molar-refractivity contribution in [2.45, 2.75) is 12.2 Å². The third-order valence-corrected chi connectivity index (χ3v) is 5.12. The average molecular weight is 363 g/mol. The Morgan fingerprint density at radius 3 is 2.71 bits per heavy atom. The maximum Gasteiger partial charge on any atom is 0.233 e.